The summed E-state index contributed by atoms with van der Waals surface area (Å²) >= 11 is 0. The molecule has 0 fully saturated rings. The Morgan fingerprint density at radius 1 is 0.850 bits per heavy atom. The fourth-order valence-electron chi connectivity index (χ4n) is 2.31. The van der Waals surface area contributed by atoms with E-state index in [-0.39, 0.29) is 0 Å². The molecule has 0 saturated carbocycles. The third-order valence-electron chi connectivity index (χ3n) is 3.00. The van der Waals surface area contributed by atoms with Crippen molar-refractivity contribution < 1.29 is 8.85 Å². The summed E-state index contributed by atoms with van der Waals surface area (Å²) in [6.45, 7) is 6.77. The third kappa shape index (κ3) is 4.87. The first kappa shape index (κ1) is 14.9. The number of rotatable bonds is 6. The Balaban J connectivity index is 1.90. The average Bonchev–Trinajstić information content (AvgIpc) is 2.39. The molecular formula is C16H22O2Si2. The predicted molar refractivity (Wildman–Crippen MR) is 89.4 cm³/mol. The van der Waals surface area contributed by atoms with Crippen LogP contribution < -0.4 is 8.85 Å². The molecule has 0 N–H and O–H groups in total. The van der Waals surface area contributed by atoms with Crippen molar-refractivity contribution in [1.29, 1.82) is 0 Å². The maximum atomic E-state index is 6.20. The topological polar surface area (TPSA) is 18.5 Å². The second-order valence-electron chi connectivity index (χ2n) is 5.62. The van der Waals surface area contributed by atoms with Gasteiger partial charge in [0.2, 0.25) is 17.4 Å². The Bertz CT molecular complexity index is 515. The first-order valence-corrected chi connectivity index (χ1v) is 12.6. The van der Waals surface area contributed by atoms with E-state index in [1.165, 1.54) is 0 Å². The van der Waals surface area contributed by atoms with Crippen LogP contribution in [0.4, 0.5) is 0 Å². The molecule has 2 nitrogen and oxygen atoms in total. The lowest BCUT2D eigenvalue weighted by Gasteiger charge is -2.26. The van der Waals surface area contributed by atoms with E-state index in [4.69, 9.17) is 8.85 Å². The number of benzene rings is 2. The van der Waals surface area contributed by atoms with Crippen LogP contribution in [0.1, 0.15) is 0 Å². The van der Waals surface area contributed by atoms with Crippen LogP contribution in [0.3, 0.4) is 0 Å². The first-order valence-electron chi connectivity index (χ1n) is 7.01. The fourth-order valence-corrected chi connectivity index (χ4v) is 9.92. The molecule has 0 aliphatic heterocycles. The maximum Gasteiger partial charge on any atom is 0.245 e. The maximum absolute atomic E-state index is 6.20. The Labute approximate surface area is 124 Å². The van der Waals surface area contributed by atoms with E-state index in [1.807, 2.05) is 60.7 Å². The van der Waals surface area contributed by atoms with Crippen LogP contribution in [-0.4, -0.2) is 17.4 Å². The van der Waals surface area contributed by atoms with E-state index in [0.717, 1.165) is 17.2 Å². The second kappa shape index (κ2) is 6.77. The summed E-state index contributed by atoms with van der Waals surface area (Å²) in [6.07, 6.45) is 0. The summed E-state index contributed by atoms with van der Waals surface area (Å²) in [5.74, 6) is 1.96. The highest BCUT2D eigenvalue weighted by molar-refractivity contribution is 6.82. The fraction of sp³-hybridized carbons (Fsp3) is 0.250. The molecule has 0 aliphatic carbocycles. The van der Waals surface area contributed by atoms with Crippen molar-refractivity contribution in [2.24, 2.45) is 0 Å². The van der Waals surface area contributed by atoms with Gasteiger partial charge in [-0.25, -0.2) is 0 Å². The molecule has 0 heterocycles. The molecule has 0 aliphatic rings. The van der Waals surface area contributed by atoms with Gasteiger partial charge in [-0.15, -0.1) is 0 Å². The Morgan fingerprint density at radius 3 is 1.90 bits per heavy atom. The van der Waals surface area contributed by atoms with Crippen LogP contribution in [0.25, 0.3) is 0 Å². The minimum Gasteiger partial charge on any atom is -0.547 e. The van der Waals surface area contributed by atoms with Gasteiger partial charge in [0.1, 0.15) is 11.5 Å². The smallest absolute Gasteiger partial charge is 0.245 e. The van der Waals surface area contributed by atoms with Gasteiger partial charge in [0.25, 0.3) is 0 Å². The van der Waals surface area contributed by atoms with Crippen LogP contribution in [0, 0.1) is 0 Å². The highest BCUT2D eigenvalue weighted by Crippen LogP contribution is 2.21. The zero-order chi connectivity index (χ0) is 14.4. The molecule has 4 heteroatoms. The normalized spacial score (nSPS) is 12.8. The van der Waals surface area contributed by atoms with Crippen molar-refractivity contribution in [1.82, 2.24) is 0 Å². The lowest BCUT2D eigenvalue weighted by Crippen LogP contribution is -2.40. The number of hydrogen-bond acceptors (Lipinski definition) is 2. The summed E-state index contributed by atoms with van der Waals surface area (Å²) in [5.41, 5.74) is 1.09. The summed E-state index contributed by atoms with van der Waals surface area (Å²) in [5, 5.41) is 0. The van der Waals surface area contributed by atoms with E-state index >= 15 is 0 Å². The molecule has 0 aromatic heterocycles. The van der Waals surface area contributed by atoms with Crippen LogP contribution in [0.2, 0.25) is 25.3 Å². The van der Waals surface area contributed by atoms with E-state index in [9.17, 15) is 0 Å². The summed E-state index contributed by atoms with van der Waals surface area (Å²) in [4.78, 5) is 0. The van der Waals surface area contributed by atoms with Crippen molar-refractivity contribution in [2.75, 3.05) is 0 Å². The van der Waals surface area contributed by atoms with Gasteiger partial charge in [-0.3, -0.25) is 0 Å². The van der Waals surface area contributed by atoms with Gasteiger partial charge < -0.3 is 8.85 Å². The summed E-state index contributed by atoms with van der Waals surface area (Å²) in [7, 11) is -2.98. The van der Waals surface area contributed by atoms with Gasteiger partial charge in [-0.05, 0) is 43.9 Å². The van der Waals surface area contributed by atoms with Gasteiger partial charge >= 0.3 is 0 Å². The lowest BCUT2D eigenvalue weighted by atomic mass is 10.3. The minimum atomic E-state index is -1.72. The molecule has 0 radical (unpaired) electrons. The SMILES string of the molecule is C[SiH](C[Si](C)(C)Oc1ccccc1)Oc1ccccc1. The van der Waals surface area contributed by atoms with Crippen molar-refractivity contribution in [3.05, 3.63) is 60.7 Å². The van der Waals surface area contributed by atoms with E-state index < -0.39 is 17.4 Å². The molecule has 2 aromatic carbocycles. The Hall–Kier alpha value is -1.53. The van der Waals surface area contributed by atoms with E-state index in [1.54, 1.807) is 0 Å². The standard InChI is InChI=1S/C16H22O2Si2/c1-19(17-15-10-6-4-7-11-15)14-20(2,3)18-16-12-8-5-9-13-16/h4-13,19H,14H2,1-3H3. The van der Waals surface area contributed by atoms with Crippen molar-refractivity contribution in [2.45, 2.75) is 25.3 Å². The van der Waals surface area contributed by atoms with E-state index in [2.05, 4.69) is 19.6 Å². The molecule has 20 heavy (non-hydrogen) atoms. The van der Waals surface area contributed by atoms with Gasteiger partial charge in [-0.1, -0.05) is 36.4 Å². The van der Waals surface area contributed by atoms with Gasteiger partial charge in [-0.2, -0.15) is 0 Å². The quantitative estimate of drug-likeness (QED) is 0.743. The molecule has 2 aromatic rings. The minimum absolute atomic E-state index is 0.977. The predicted octanol–water partition coefficient (Wildman–Crippen LogP) is 4.24. The number of para-hydroxylation sites is 2. The highest BCUT2D eigenvalue weighted by atomic mass is 28.4. The summed E-state index contributed by atoms with van der Waals surface area (Å²) < 4.78 is 12.3. The molecule has 1 unspecified atom stereocenters. The number of hydrogen-bond donors (Lipinski definition) is 0. The molecule has 106 valence electrons. The van der Waals surface area contributed by atoms with Gasteiger partial charge in [0.15, 0.2) is 0 Å². The molecule has 0 spiro atoms. The molecule has 2 rings (SSSR count). The first-order chi connectivity index (χ1) is 9.55. The van der Waals surface area contributed by atoms with Crippen LogP contribution in [0.5, 0.6) is 11.5 Å². The van der Waals surface area contributed by atoms with Crippen molar-refractivity contribution in [3.8, 4) is 11.5 Å². The highest BCUT2D eigenvalue weighted by Gasteiger charge is 2.29. The lowest BCUT2D eigenvalue weighted by molar-refractivity contribution is 0.541. The van der Waals surface area contributed by atoms with Crippen LogP contribution >= 0.6 is 0 Å². The monoisotopic (exact) mass is 302 g/mol. The third-order valence-corrected chi connectivity index (χ3v) is 10.7. The van der Waals surface area contributed by atoms with Crippen molar-refractivity contribution in [3.63, 3.8) is 0 Å². The summed E-state index contributed by atoms with van der Waals surface area (Å²) in [6, 6.07) is 20.2. The van der Waals surface area contributed by atoms with Crippen LogP contribution in [-0.2, 0) is 0 Å². The largest absolute Gasteiger partial charge is 0.547 e. The van der Waals surface area contributed by atoms with E-state index in [0.29, 0.717) is 0 Å². The second-order valence-corrected chi connectivity index (χ2v) is 12.8. The Kier molecular flexibility index (Phi) is 5.03. The molecular weight excluding hydrogens is 280 g/mol. The van der Waals surface area contributed by atoms with Gasteiger partial charge in [0, 0.05) is 5.67 Å². The molecule has 0 saturated heterocycles. The molecule has 1 atom stereocenters. The zero-order valence-corrected chi connectivity index (χ0v) is 14.5. The molecule has 0 bridgehead atoms. The van der Waals surface area contributed by atoms with Crippen molar-refractivity contribution >= 4 is 17.4 Å². The van der Waals surface area contributed by atoms with Crippen LogP contribution in [0.15, 0.2) is 60.7 Å². The Morgan fingerprint density at radius 2 is 1.35 bits per heavy atom. The average molecular weight is 303 g/mol. The zero-order valence-electron chi connectivity index (χ0n) is 12.4. The van der Waals surface area contributed by atoms with Gasteiger partial charge in [0.05, 0.1) is 0 Å². The molecule has 0 amide bonds.